The van der Waals surface area contributed by atoms with Crippen LogP contribution in [0, 0.1) is 0 Å². The van der Waals surface area contributed by atoms with Gasteiger partial charge in [0.1, 0.15) is 0 Å². The van der Waals surface area contributed by atoms with Gasteiger partial charge < -0.3 is 9.47 Å². The van der Waals surface area contributed by atoms with Crippen molar-refractivity contribution in [2.75, 3.05) is 7.11 Å². The van der Waals surface area contributed by atoms with Crippen molar-refractivity contribution in [1.82, 2.24) is 0 Å². The van der Waals surface area contributed by atoms with E-state index >= 15 is 0 Å². The van der Waals surface area contributed by atoms with E-state index in [1.165, 1.54) is 19.3 Å². The van der Waals surface area contributed by atoms with Gasteiger partial charge in [0, 0.05) is 5.88 Å². The summed E-state index contributed by atoms with van der Waals surface area (Å²) in [6, 6.07) is 3.93. The molecule has 18 heavy (non-hydrogen) atoms. The Morgan fingerprint density at radius 2 is 2.00 bits per heavy atom. The van der Waals surface area contributed by atoms with Crippen LogP contribution in [0.25, 0.3) is 0 Å². The van der Waals surface area contributed by atoms with Crippen molar-refractivity contribution in [3.8, 4) is 11.5 Å². The van der Waals surface area contributed by atoms with Crippen LogP contribution in [-0.4, -0.2) is 13.2 Å². The van der Waals surface area contributed by atoms with E-state index in [1.54, 1.807) is 7.11 Å². The van der Waals surface area contributed by atoms with Gasteiger partial charge in [0.05, 0.1) is 17.7 Å². The van der Waals surface area contributed by atoms with Crippen LogP contribution in [-0.2, 0) is 5.88 Å². The summed E-state index contributed by atoms with van der Waals surface area (Å²) >= 11 is 9.40. The fraction of sp³-hybridized carbons (Fsp3) is 0.571. The molecule has 2 nitrogen and oxygen atoms in total. The zero-order chi connectivity index (χ0) is 13.0. The second-order valence-electron chi connectivity index (χ2n) is 4.62. The molecule has 0 saturated heterocycles. The number of hydrogen-bond acceptors (Lipinski definition) is 2. The zero-order valence-corrected chi connectivity index (χ0v) is 12.9. The summed E-state index contributed by atoms with van der Waals surface area (Å²) in [5.74, 6) is 2.03. The van der Waals surface area contributed by atoms with E-state index in [4.69, 9.17) is 21.1 Å². The van der Waals surface area contributed by atoms with E-state index in [1.807, 2.05) is 12.1 Å². The number of hydrogen-bond donors (Lipinski definition) is 0. The Bertz CT molecular complexity index is 403. The molecule has 0 aliphatic heterocycles. The number of methoxy groups -OCH3 is 1. The van der Waals surface area contributed by atoms with Crippen LogP contribution >= 0.6 is 27.5 Å². The summed E-state index contributed by atoms with van der Waals surface area (Å²) in [7, 11) is 1.66. The molecule has 1 aromatic rings. The van der Waals surface area contributed by atoms with Crippen molar-refractivity contribution in [3.63, 3.8) is 0 Å². The molecule has 0 spiro atoms. The molecule has 0 bridgehead atoms. The Hall–Kier alpha value is -0.410. The second-order valence-corrected chi connectivity index (χ2v) is 5.74. The number of halogens is 2. The van der Waals surface area contributed by atoms with Crippen molar-refractivity contribution >= 4 is 27.5 Å². The molecule has 100 valence electrons. The molecule has 1 fully saturated rings. The maximum absolute atomic E-state index is 6.09. The largest absolute Gasteiger partial charge is 0.493 e. The number of rotatable bonds is 4. The average molecular weight is 334 g/mol. The minimum atomic E-state index is 0.311. The molecule has 1 aliphatic rings. The van der Waals surface area contributed by atoms with Crippen molar-refractivity contribution < 1.29 is 9.47 Å². The average Bonchev–Trinajstić information content (AvgIpc) is 2.42. The quantitative estimate of drug-likeness (QED) is 0.729. The SMILES string of the molecule is COc1cc(CCl)cc(Br)c1OC1CCCCC1. The van der Waals surface area contributed by atoms with E-state index in [-0.39, 0.29) is 0 Å². The molecule has 4 heteroatoms. The topological polar surface area (TPSA) is 18.5 Å². The lowest BCUT2D eigenvalue weighted by Crippen LogP contribution is -2.20. The molecule has 0 heterocycles. The van der Waals surface area contributed by atoms with E-state index in [0.29, 0.717) is 12.0 Å². The molecule has 0 atom stereocenters. The second kappa shape index (κ2) is 6.67. The van der Waals surface area contributed by atoms with Crippen LogP contribution in [0.5, 0.6) is 11.5 Å². The third-order valence-corrected chi connectivity index (χ3v) is 4.18. The Balaban J connectivity index is 2.19. The predicted octanol–water partition coefficient (Wildman–Crippen LogP) is 4.91. The summed E-state index contributed by atoms with van der Waals surface area (Å²) in [6.07, 6.45) is 6.41. The van der Waals surface area contributed by atoms with Gasteiger partial charge in [-0.05, 0) is 59.3 Å². The Morgan fingerprint density at radius 3 is 2.61 bits per heavy atom. The maximum Gasteiger partial charge on any atom is 0.175 e. The van der Waals surface area contributed by atoms with Gasteiger partial charge in [0.15, 0.2) is 11.5 Å². The third-order valence-electron chi connectivity index (χ3n) is 3.28. The first-order chi connectivity index (χ1) is 8.74. The number of benzene rings is 1. The summed E-state index contributed by atoms with van der Waals surface area (Å²) in [5.41, 5.74) is 1.02. The molecule has 0 radical (unpaired) electrons. The van der Waals surface area contributed by atoms with E-state index < -0.39 is 0 Å². The first kappa shape index (κ1) is 14.0. The lowest BCUT2D eigenvalue weighted by Gasteiger charge is -2.24. The molecule has 2 rings (SSSR count). The Kier molecular flexibility index (Phi) is 5.19. The maximum atomic E-state index is 6.09. The van der Waals surface area contributed by atoms with E-state index in [0.717, 1.165) is 34.4 Å². The normalized spacial score (nSPS) is 16.6. The zero-order valence-electron chi connectivity index (χ0n) is 10.5. The van der Waals surface area contributed by atoms with Gasteiger partial charge >= 0.3 is 0 Å². The van der Waals surface area contributed by atoms with E-state index in [9.17, 15) is 0 Å². The fourth-order valence-corrected chi connectivity index (χ4v) is 3.05. The Labute approximate surface area is 122 Å². The smallest absolute Gasteiger partial charge is 0.175 e. The highest BCUT2D eigenvalue weighted by atomic mass is 79.9. The molecule has 1 saturated carbocycles. The van der Waals surface area contributed by atoms with Gasteiger partial charge in [-0.2, -0.15) is 0 Å². The highest BCUT2D eigenvalue weighted by Gasteiger charge is 2.19. The van der Waals surface area contributed by atoms with Crippen LogP contribution in [0.3, 0.4) is 0 Å². The first-order valence-electron chi connectivity index (χ1n) is 6.33. The first-order valence-corrected chi connectivity index (χ1v) is 7.66. The molecular formula is C14H18BrClO2. The van der Waals surface area contributed by atoms with Crippen LogP contribution in [0.4, 0.5) is 0 Å². The number of ether oxygens (including phenoxy) is 2. The van der Waals surface area contributed by atoms with E-state index in [2.05, 4.69) is 15.9 Å². The molecular weight excluding hydrogens is 316 g/mol. The van der Waals surface area contributed by atoms with Crippen molar-refractivity contribution in [1.29, 1.82) is 0 Å². The predicted molar refractivity (Wildman–Crippen MR) is 77.8 cm³/mol. The van der Waals surface area contributed by atoms with Crippen molar-refractivity contribution in [3.05, 3.63) is 22.2 Å². The van der Waals surface area contributed by atoms with Gasteiger partial charge in [-0.3, -0.25) is 0 Å². The van der Waals surface area contributed by atoms with Gasteiger partial charge in [-0.15, -0.1) is 11.6 Å². The summed E-state index contributed by atoms with van der Waals surface area (Å²) in [5, 5.41) is 0. The lowest BCUT2D eigenvalue weighted by atomic mass is 9.98. The molecule has 1 aliphatic carbocycles. The van der Waals surface area contributed by atoms with Gasteiger partial charge in [0.2, 0.25) is 0 Å². The van der Waals surface area contributed by atoms with Gasteiger partial charge in [-0.1, -0.05) is 6.42 Å². The Morgan fingerprint density at radius 1 is 1.28 bits per heavy atom. The fourth-order valence-electron chi connectivity index (χ4n) is 2.31. The standard InChI is InChI=1S/C14H18BrClO2/c1-17-13-8-10(9-16)7-12(15)14(13)18-11-5-3-2-4-6-11/h7-8,11H,2-6,9H2,1H3. The van der Waals surface area contributed by atoms with Gasteiger partial charge in [0.25, 0.3) is 0 Å². The third kappa shape index (κ3) is 3.33. The summed E-state index contributed by atoms with van der Waals surface area (Å²) in [4.78, 5) is 0. The minimum absolute atomic E-state index is 0.311. The highest BCUT2D eigenvalue weighted by Crippen LogP contribution is 2.39. The minimum Gasteiger partial charge on any atom is -0.493 e. The van der Waals surface area contributed by atoms with Crippen LogP contribution in [0.1, 0.15) is 37.7 Å². The monoisotopic (exact) mass is 332 g/mol. The molecule has 1 aromatic carbocycles. The molecule has 0 amide bonds. The number of alkyl halides is 1. The highest BCUT2D eigenvalue weighted by molar-refractivity contribution is 9.10. The van der Waals surface area contributed by atoms with Crippen LogP contribution < -0.4 is 9.47 Å². The van der Waals surface area contributed by atoms with Gasteiger partial charge in [-0.25, -0.2) is 0 Å². The molecule has 0 unspecified atom stereocenters. The van der Waals surface area contributed by atoms with Crippen LogP contribution in [0.2, 0.25) is 0 Å². The summed E-state index contributed by atoms with van der Waals surface area (Å²) in [6.45, 7) is 0. The van der Waals surface area contributed by atoms with Crippen molar-refractivity contribution in [2.45, 2.75) is 44.1 Å². The molecule has 0 aromatic heterocycles. The summed E-state index contributed by atoms with van der Waals surface area (Å²) < 4.78 is 12.4. The van der Waals surface area contributed by atoms with Crippen LogP contribution in [0.15, 0.2) is 16.6 Å². The molecule has 0 N–H and O–H groups in total. The lowest BCUT2D eigenvalue weighted by molar-refractivity contribution is 0.148. The van der Waals surface area contributed by atoms with Crippen molar-refractivity contribution in [2.24, 2.45) is 0 Å².